The van der Waals surface area contributed by atoms with E-state index in [0.717, 1.165) is 54.1 Å². The summed E-state index contributed by atoms with van der Waals surface area (Å²) in [5.41, 5.74) is 4.76. The van der Waals surface area contributed by atoms with Crippen molar-refractivity contribution in [1.82, 2.24) is 24.2 Å². The zero-order chi connectivity index (χ0) is 20.2. The van der Waals surface area contributed by atoms with Crippen molar-refractivity contribution >= 4 is 22.9 Å². The monoisotopic (exact) mass is 400 g/mol. The van der Waals surface area contributed by atoms with Gasteiger partial charge in [-0.05, 0) is 49.2 Å². The number of nitrogens with zero attached hydrogens (tertiary/aromatic N) is 5. The zero-order valence-electron chi connectivity index (χ0n) is 17.0. The minimum atomic E-state index is 0.112. The maximum atomic E-state index is 13.5. The fourth-order valence-corrected chi connectivity index (χ4v) is 5.23. The van der Waals surface area contributed by atoms with Gasteiger partial charge in [-0.25, -0.2) is 9.97 Å². The summed E-state index contributed by atoms with van der Waals surface area (Å²) in [7, 11) is 2.15. The van der Waals surface area contributed by atoms with Crippen LogP contribution in [0, 0.1) is 0 Å². The van der Waals surface area contributed by atoms with Gasteiger partial charge in [-0.15, -0.1) is 0 Å². The van der Waals surface area contributed by atoms with Crippen molar-refractivity contribution in [3.05, 3.63) is 65.8 Å². The molecule has 1 N–H and O–H groups in total. The van der Waals surface area contributed by atoms with Crippen LogP contribution in [-0.2, 0) is 0 Å². The highest BCUT2D eigenvalue weighted by molar-refractivity contribution is 5.97. The number of carbonyl (C=O) groups excluding carboxylic acids is 1. The number of amides is 1. The summed E-state index contributed by atoms with van der Waals surface area (Å²) in [6.07, 6.45) is 11.9. The van der Waals surface area contributed by atoms with Gasteiger partial charge in [0, 0.05) is 62.1 Å². The van der Waals surface area contributed by atoms with E-state index in [2.05, 4.69) is 50.5 Å². The molecule has 1 amide bonds. The van der Waals surface area contributed by atoms with E-state index >= 15 is 0 Å². The number of likely N-dealkylation sites (N-methyl/N-ethyl adjacent to an activating group) is 1. The molecule has 0 saturated carbocycles. The van der Waals surface area contributed by atoms with Crippen LogP contribution in [0.15, 0.2) is 49.1 Å². The first-order valence-electron chi connectivity index (χ1n) is 10.6. The van der Waals surface area contributed by atoms with Gasteiger partial charge in [0.1, 0.15) is 11.5 Å². The predicted octanol–water partition coefficient (Wildman–Crippen LogP) is 2.51. The first-order valence-corrected chi connectivity index (χ1v) is 10.6. The van der Waals surface area contributed by atoms with E-state index in [1.54, 1.807) is 12.4 Å². The van der Waals surface area contributed by atoms with Gasteiger partial charge in [-0.2, -0.15) is 0 Å². The van der Waals surface area contributed by atoms with Gasteiger partial charge >= 0.3 is 0 Å². The first-order chi connectivity index (χ1) is 14.7. The van der Waals surface area contributed by atoms with Gasteiger partial charge in [0.2, 0.25) is 0 Å². The summed E-state index contributed by atoms with van der Waals surface area (Å²) in [5.74, 6) is 0.942. The van der Waals surface area contributed by atoms with E-state index in [4.69, 9.17) is 0 Å². The SMILES string of the molecule is CN1CC2CCC(C1)N2C(=O)c1cnc2c(c1)C(c1ccc3nccn3c1)=CCN2. The largest absolute Gasteiger partial charge is 0.366 e. The molecule has 7 nitrogen and oxygen atoms in total. The number of pyridine rings is 2. The molecule has 2 saturated heterocycles. The van der Waals surface area contributed by atoms with Gasteiger partial charge in [0.05, 0.1) is 5.56 Å². The van der Waals surface area contributed by atoms with Gasteiger partial charge in [-0.1, -0.05) is 6.08 Å². The van der Waals surface area contributed by atoms with Crippen molar-refractivity contribution in [1.29, 1.82) is 0 Å². The number of hydrogen-bond donors (Lipinski definition) is 1. The van der Waals surface area contributed by atoms with Crippen molar-refractivity contribution in [3.8, 4) is 0 Å². The molecule has 2 bridgehead atoms. The Morgan fingerprint density at radius 2 is 2.00 bits per heavy atom. The standard InChI is InChI=1S/C23H24N6O/c1-27-13-17-3-4-18(14-27)29(17)23(30)16-10-20-19(6-7-25-22(20)26-11-16)15-2-5-21-24-8-9-28(21)12-15/h2,5-6,8-12,17-18H,3-4,7,13-14H2,1H3,(H,25,26). The third-order valence-corrected chi connectivity index (χ3v) is 6.60. The van der Waals surface area contributed by atoms with Crippen molar-refractivity contribution in [2.45, 2.75) is 24.9 Å². The molecule has 7 heteroatoms. The third kappa shape index (κ3) is 2.73. The molecular formula is C23H24N6O. The minimum Gasteiger partial charge on any atom is -0.366 e. The Morgan fingerprint density at radius 1 is 1.17 bits per heavy atom. The van der Waals surface area contributed by atoms with Crippen LogP contribution in [0.1, 0.15) is 34.3 Å². The van der Waals surface area contributed by atoms with Crippen molar-refractivity contribution in [2.24, 2.45) is 0 Å². The Bertz CT molecular complexity index is 1170. The number of aromatic nitrogens is 3. The fourth-order valence-electron chi connectivity index (χ4n) is 5.23. The van der Waals surface area contributed by atoms with Crippen LogP contribution in [0.4, 0.5) is 5.82 Å². The summed E-state index contributed by atoms with van der Waals surface area (Å²) in [4.78, 5) is 26.9. The van der Waals surface area contributed by atoms with Gasteiger partial charge in [-0.3, -0.25) is 4.79 Å². The van der Waals surface area contributed by atoms with Crippen molar-refractivity contribution in [2.75, 3.05) is 32.0 Å². The molecule has 3 aromatic rings. The van der Waals surface area contributed by atoms with E-state index in [-0.39, 0.29) is 5.91 Å². The second-order valence-electron chi connectivity index (χ2n) is 8.55. The van der Waals surface area contributed by atoms with Crippen LogP contribution in [0.25, 0.3) is 11.2 Å². The summed E-state index contributed by atoms with van der Waals surface area (Å²) >= 11 is 0. The number of piperazine rings is 1. The zero-order valence-corrected chi connectivity index (χ0v) is 17.0. The number of anilines is 1. The normalized spacial score (nSPS) is 23.2. The molecule has 30 heavy (non-hydrogen) atoms. The maximum Gasteiger partial charge on any atom is 0.256 e. The molecule has 3 aliphatic rings. The molecule has 6 rings (SSSR count). The molecule has 152 valence electrons. The van der Waals surface area contributed by atoms with E-state index in [0.29, 0.717) is 24.2 Å². The van der Waals surface area contributed by atoms with Crippen LogP contribution < -0.4 is 5.32 Å². The Labute approximate surface area is 175 Å². The molecule has 0 aliphatic carbocycles. The Morgan fingerprint density at radius 3 is 2.83 bits per heavy atom. The summed E-state index contributed by atoms with van der Waals surface area (Å²) < 4.78 is 2.02. The molecule has 3 aliphatic heterocycles. The van der Waals surface area contributed by atoms with Gasteiger partial charge in [0.25, 0.3) is 5.91 Å². The Hall–Kier alpha value is -3.19. The van der Waals surface area contributed by atoms with E-state index in [9.17, 15) is 4.79 Å². The minimum absolute atomic E-state index is 0.112. The molecular weight excluding hydrogens is 376 g/mol. The van der Waals surface area contributed by atoms with Crippen LogP contribution in [-0.4, -0.2) is 68.8 Å². The number of hydrogen-bond acceptors (Lipinski definition) is 5. The highest BCUT2D eigenvalue weighted by atomic mass is 16.2. The summed E-state index contributed by atoms with van der Waals surface area (Å²) in [5, 5.41) is 3.34. The molecule has 0 spiro atoms. The topological polar surface area (TPSA) is 65.8 Å². The smallest absolute Gasteiger partial charge is 0.256 e. The number of imidazole rings is 1. The fraction of sp³-hybridized carbons (Fsp3) is 0.348. The Balaban J connectivity index is 1.37. The van der Waals surface area contributed by atoms with Crippen LogP contribution in [0.2, 0.25) is 0 Å². The summed E-state index contributed by atoms with van der Waals surface area (Å²) in [6.45, 7) is 2.63. The Kier molecular flexibility index (Phi) is 3.92. The lowest BCUT2D eigenvalue weighted by atomic mass is 9.95. The molecule has 0 aromatic carbocycles. The maximum absolute atomic E-state index is 13.5. The van der Waals surface area contributed by atoms with Crippen molar-refractivity contribution in [3.63, 3.8) is 0 Å². The third-order valence-electron chi connectivity index (χ3n) is 6.60. The van der Waals surface area contributed by atoms with Crippen LogP contribution in [0.3, 0.4) is 0 Å². The van der Waals surface area contributed by atoms with E-state index in [1.807, 2.05) is 22.7 Å². The molecule has 0 radical (unpaired) electrons. The second-order valence-corrected chi connectivity index (χ2v) is 8.55. The predicted molar refractivity (Wildman–Crippen MR) is 115 cm³/mol. The number of nitrogens with one attached hydrogen (secondary N) is 1. The van der Waals surface area contributed by atoms with E-state index in [1.165, 1.54) is 0 Å². The molecule has 2 fully saturated rings. The molecule has 2 atom stereocenters. The second kappa shape index (κ2) is 6.67. The van der Waals surface area contributed by atoms with Gasteiger partial charge < -0.3 is 19.5 Å². The molecule has 3 aromatic heterocycles. The van der Waals surface area contributed by atoms with Gasteiger partial charge in [0.15, 0.2) is 0 Å². The highest BCUT2D eigenvalue weighted by Gasteiger charge is 2.42. The average Bonchev–Trinajstić information content (AvgIpc) is 3.34. The lowest BCUT2D eigenvalue weighted by Gasteiger charge is -2.39. The van der Waals surface area contributed by atoms with E-state index < -0.39 is 0 Å². The lowest BCUT2D eigenvalue weighted by Crippen LogP contribution is -2.54. The number of rotatable bonds is 2. The van der Waals surface area contributed by atoms with Crippen molar-refractivity contribution < 1.29 is 4.79 Å². The number of carbonyl (C=O) groups is 1. The molecule has 2 unspecified atom stereocenters. The lowest BCUT2D eigenvalue weighted by molar-refractivity contribution is 0.0472. The number of fused-ring (bicyclic) bond motifs is 4. The molecule has 6 heterocycles. The van der Waals surface area contributed by atoms with Crippen LogP contribution in [0.5, 0.6) is 0 Å². The average molecular weight is 400 g/mol. The first kappa shape index (κ1) is 17.7. The quantitative estimate of drug-likeness (QED) is 0.716. The number of likely N-dealkylation sites (tertiary alicyclic amines) is 1. The van der Waals surface area contributed by atoms with Crippen LogP contribution >= 0.6 is 0 Å². The summed E-state index contributed by atoms with van der Waals surface area (Å²) in [6, 6.07) is 6.74. The highest BCUT2D eigenvalue weighted by Crippen LogP contribution is 2.34.